The van der Waals surface area contributed by atoms with Crippen molar-refractivity contribution in [1.82, 2.24) is 0 Å². The summed E-state index contributed by atoms with van der Waals surface area (Å²) in [4.78, 5) is 9.08. The molecule has 0 atom stereocenters. The minimum Gasteiger partial charge on any atom is -0.502 e. The van der Waals surface area contributed by atoms with Crippen LogP contribution in [0.3, 0.4) is 0 Å². The van der Waals surface area contributed by atoms with E-state index in [2.05, 4.69) is 0 Å². The number of nitro groups is 1. The first-order valence-electron chi connectivity index (χ1n) is 2.75. The molecule has 58 valence electrons. The predicted octanol–water partition coefficient (Wildman–Crippen LogP) is 1.44. The number of phenols is 1. The number of nitro benzene ring substituents is 1. The predicted molar refractivity (Wildman–Crippen MR) is 34.7 cm³/mol. The van der Waals surface area contributed by atoms with Gasteiger partial charge in [-0.1, -0.05) is 6.07 Å². The fourth-order valence-electron chi connectivity index (χ4n) is 0.685. The van der Waals surface area contributed by atoms with Crippen LogP contribution in [0, 0.1) is 15.9 Å². The standard InChI is InChI=1S/C6H4FNO3/c7-4-2-1-3-5(9)6(4)8(10)11/h1-3,9H/i7-1. The van der Waals surface area contributed by atoms with Crippen molar-refractivity contribution in [2.75, 3.05) is 0 Å². The van der Waals surface area contributed by atoms with E-state index < -0.39 is 22.2 Å². The first kappa shape index (κ1) is 7.46. The molecule has 5 heteroatoms. The van der Waals surface area contributed by atoms with E-state index in [9.17, 15) is 14.5 Å². The van der Waals surface area contributed by atoms with Gasteiger partial charge in [0.1, 0.15) is 0 Å². The SMILES string of the molecule is O=[N+]([O-])c1c(O)cccc1[18F]. The van der Waals surface area contributed by atoms with Gasteiger partial charge in [-0.2, -0.15) is 4.39 Å². The zero-order valence-electron chi connectivity index (χ0n) is 5.32. The van der Waals surface area contributed by atoms with Crippen LogP contribution in [0.5, 0.6) is 5.75 Å². The lowest BCUT2D eigenvalue weighted by molar-refractivity contribution is -0.388. The summed E-state index contributed by atoms with van der Waals surface area (Å²) in [5.74, 6) is -1.69. The number of rotatable bonds is 1. The summed E-state index contributed by atoms with van der Waals surface area (Å²) in [6.45, 7) is 0. The van der Waals surface area contributed by atoms with E-state index >= 15 is 0 Å². The molecule has 0 unspecified atom stereocenters. The molecule has 1 rings (SSSR count). The number of benzene rings is 1. The quantitative estimate of drug-likeness (QED) is 0.494. The van der Waals surface area contributed by atoms with E-state index in [1.807, 2.05) is 0 Å². The Morgan fingerprint density at radius 1 is 1.55 bits per heavy atom. The molecule has 0 saturated carbocycles. The second-order valence-electron chi connectivity index (χ2n) is 1.86. The molecule has 1 aromatic rings. The molecular formula is C6H4FNO3. The van der Waals surface area contributed by atoms with E-state index in [4.69, 9.17) is 5.11 Å². The zero-order chi connectivity index (χ0) is 8.43. The molecule has 0 fully saturated rings. The lowest BCUT2D eigenvalue weighted by atomic mass is 10.3. The molecule has 0 amide bonds. The van der Waals surface area contributed by atoms with Crippen molar-refractivity contribution in [2.24, 2.45) is 0 Å². The maximum absolute atomic E-state index is 12.5. The Balaban J connectivity index is 3.32. The summed E-state index contributed by atoms with van der Waals surface area (Å²) in [5, 5.41) is 18.8. The van der Waals surface area contributed by atoms with Gasteiger partial charge in [-0.05, 0) is 12.1 Å². The van der Waals surface area contributed by atoms with Gasteiger partial charge in [0.05, 0.1) is 4.92 Å². The minimum absolute atomic E-state index is 0.657. The zero-order valence-corrected chi connectivity index (χ0v) is 5.32. The number of aromatic hydroxyl groups is 1. The summed E-state index contributed by atoms with van der Waals surface area (Å²) >= 11 is 0. The molecule has 0 radical (unpaired) electrons. The van der Waals surface area contributed by atoms with E-state index in [-0.39, 0.29) is 0 Å². The van der Waals surface area contributed by atoms with Crippen molar-refractivity contribution < 1.29 is 14.4 Å². The molecular weight excluding hydrogens is 152 g/mol. The second kappa shape index (κ2) is 2.53. The highest BCUT2D eigenvalue weighted by atomic mass is 18.2. The molecule has 0 bridgehead atoms. The van der Waals surface area contributed by atoms with Crippen molar-refractivity contribution in [3.05, 3.63) is 34.1 Å². The third-order valence-electron chi connectivity index (χ3n) is 1.15. The van der Waals surface area contributed by atoms with Crippen LogP contribution in [-0.2, 0) is 0 Å². The van der Waals surface area contributed by atoms with Crippen LogP contribution in [0.4, 0.5) is 10.1 Å². The molecule has 0 aromatic heterocycles. The van der Waals surface area contributed by atoms with Gasteiger partial charge >= 0.3 is 5.69 Å². The molecule has 1 aromatic carbocycles. The average molecular weight is 156 g/mol. The number of hydrogen-bond donors (Lipinski definition) is 1. The fraction of sp³-hybridized carbons (Fsp3) is 0. The third-order valence-corrected chi connectivity index (χ3v) is 1.15. The molecule has 4 nitrogen and oxygen atoms in total. The normalized spacial score (nSPS) is 9.55. The van der Waals surface area contributed by atoms with Gasteiger partial charge < -0.3 is 5.11 Å². The van der Waals surface area contributed by atoms with Crippen LogP contribution in [0.15, 0.2) is 18.2 Å². The highest BCUT2D eigenvalue weighted by Crippen LogP contribution is 2.27. The Kier molecular flexibility index (Phi) is 1.72. The summed E-state index contributed by atoms with van der Waals surface area (Å²) in [7, 11) is 0. The number of halogens is 1. The Labute approximate surface area is 61.0 Å². The van der Waals surface area contributed by atoms with Gasteiger partial charge in [-0.15, -0.1) is 0 Å². The Morgan fingerprint density at radius 3 is 2.55 bits per heavy atom. The van der Waals surface area contributed by atoms with Gasteiger partial charge in [0, 0.05) is 0 Å². The van der Waals surface area contributed by atoms with Crippen LogP contribution in [0.2, 0.25) is 0 Å². The topological polar surface area (TPSA) is 63.4 Å². The second-order valence-corrected chi connectivity index (χ2v) is 1.86. The van der Waals surface area contributed by atoms with Crippen LogP contribution in [0.1, 0.15) is 0 Å². The first-order valence-corrected chi connectivity index (χ1v) is 2.75. The highest BCUT2D eigenvalue weighted by Gasteiger charge is 2.18. The average Bonchev–Trinajstić information content (AvgIpc) is 1.85. The van der Waals surface area contributed by atoms with Crippen molar-refractivity contribution in [2.45, 2.75) is 0 Å². The maximum atomic E-state index is 12.5. The molecule has 0 saturated heterocycles. The Hall–Kier alpha value is -1.65. The van der Waals surface area contributed by atoms with Gasteiger partial charge in [-0.3, -0.25) is 10.1 Å². The largest absolute Gasteiger partial charge is 0.502 e. The smallest absolute Gasteiger partial charge is 0.345 e. The minimum atomic E-state index is -1.03. The summed E-state index contributed by atoms with van der Waals surface area (Å²) in [6, 6.07) is 3.16. The summed E-state index contributed by atoms with van der Waals surface area (Å²) in [6.07, 6.45) is 0. The molecule has 0 heterocycles. The lowest BCUT2D eigenvalue weighted by Crippen LogP contribution is -1.91. The molecule has 0 aliphatic rings. The first-order chi connectivity index (χ1) is 5.13. The van der Waals surface area contributed by atoms with Crippen molar-refractivity contribution in [1.29, 1.82) is 0 Å². The van der Waals surface area contributed by atoms with Gasteiger partial charge in [-0.25, -0.2) is 0 Å². The van der Waals surface area contributed by atoms with Crippen molar-refractivity contribution >= 4 is 5.69 Å². The van der Waals surface area contributed by atoms with E-state index in [1.54, 1.807) is 0 Å². The molecule has 0 aliphatic heterocycles. The van der Waals surface area contributed by atoms with Crippen LogP contribution in [-0.4, -0.2) is 10.0 Å². The third kappa shape index (κ3) is 1.26. The molecule has 1 N–H and O–H groups in total. The molecule has 11 heavy (non-hydrogen) atoms. The molecule has 0 spiro atoms. The van der Waals surface area contributed by atoms with Gasteiger partial charge in [0.25, 0.3) is 0 Å². The fourth-order valence-corrected chi connectivity index (χ4v) is 0.685. The van der Waals surface area contributed by atoms with Gasteiger partial charge in [0.2, 0.25) is 5.82 Å². The molecule has 0 aliphatic carbocycles. The van der Waals surface area contributed by atoms with Crippen LogP contribution < -0.4 is 0 Å². The Bertz CT molecular complexity index is 280. The maximum Gasteiger partial charge on any atom is 0.345 e. The van der Waals surface area contributed by atoms with Crippen molar-refractivity contribution in [3.63, 3.8) is 0 Å². The lowest BCUT2D eigenvalue weighted by Gasteiger charge is -1.94. The van der Waals surface area contributed by atoms with E-state index in [0.717, 1.165) is 12.1 Å². The summed E-state index contributed by atoms with van der Waals surface area (Å²) in [5.41, 5.74) is -0.882. The number of phenolic OH excluding ortho intramolecular Hbond substituents is 1. The monoisotopic (exact) mass is 156 g/mol. The highest BCUT2D eigenvalue weighted by molar-refractivity contribution is 5.45. The number of hydrogen-bond acceptors (Lipinski definition) is 3. The van der Waals surface area contributed by atoms with Crippen LogP contribution in [0.25, 0.3) is 0 Å². The summed E-state index contributed by atoms with van der Waals surface area (Å²) < 4.78 is 12.5. The van der Waals surface area contributed by atoms with Crippen LogP contribution >= 0.6 is 0 Å². The van der Waals surface area contributed by atoms with E-state index in [0.29, 0.717) is 0 Å². The Morgan fingerprint density at radius 2 is 2.18 bits per heavy atom. The van der Waals surface area contributed by atoms with Crippen molar-refractivity contribution in [3.8, 4) is 5.75 Å². The number of nitrogens with zero attached hydrogens (tertiary/aromatic N) is 1. The van der Waals surface area contributed by atoms with E-state index in [1.165, 1.54) is 6.07 Å². The number of para-hydroxylation sites is 1. The van der Waals surface area contributed by atoms with Gasteiger partial charge in [0.15, 0.2) is 5.75 Å².